The number of primary amides is 1. The Morgan fingerprint density at radius 1 is 1.07 bits per heavy atom. The number of hydrogen-bond acceptors (Lipinski definition) is 6. The molecule has 3 aliphatic heterocycles. The maximum atomic E-state index is 14.8. The Morgan fingerprint density at radius 2 is 1.70 bits per heavy atom. The maximum absolute atomic E-state index is 14.8. The molecule has 3 N–H and O–H groups in total. The summed E-state index contributed by atoms with van der Waals surface area (Å²) in [6.07, 6.45) is 1.67. The lowest BCUT2D eigenvalue weighted by atomic mass is 9.93. The molecule has 4 rings (SSSR count). The second-order valence-corrected chi connectivity index (χ2v) is 7.90. The molecular weight excluding hydrogens is 395 g/mol. The van der Waals surface area contributed by atoms with E-state index in [1.54, 1.807) is 4.90 Å². The first-order chi connectivity index (χ1) is 14.3. The molecule has 0 saturated carbocycles. The Hall–Kier alpha value is -3.30. The molecule has 158 valence electrons. The van der Waals surface area contributed by atoms with Crippen LogP contribution in [0.15, 0.2) is 12.1 Å². The number of anilines is 1. The van der Waals surface area contributed by atoms with Gasteiger partial charge in [0.1, 0.15) is 11.9 Å². The fourth-order valence-corrected chi connectivity index (χ4v) is 4.38. The normalized spacial score (nSPS) is 22.4. The topological polar surface area (TPSA) is 130 Å². The van der Waals surface area contributed by atoms with Crippen LogP contribution in [0.1, 0.15) is 52.8 Å². The number of rotatable bonds is 4. The Balaban J connectivity index is 1.56. The number of nitrogens with two attached hydrogens (primary N) is 1. The molecule has 10 heteroatoms. The molecule has 9 nitrogen and oxygen atoms in total. The van der Waals surface area contributed by atoms with Crippen LogP contribution in [0, 0.1) is 11.7 Å². The van der Waals surface area contributed by atoms with Gasteiger partial charge >= 0.3 is 0 Å². The lowest BCUT2D eigenvalue weighted by Gasteiger charge is -2.33. The molecule has 1 aromatic carbocycles. The number of hydrogen-bond donors (Lipinski definition) is 2. The van der Waals surface area contributed by atoms with Gasteiger partial charge in [-0.15, -0.1) is 0 Å². The summed E-state index contributed by atoms with van der Waals surface area (Å²) in [7, 11) is 0. The number of imide groups is 2. The number of carbonyl (C=O) groups is 5. The minimum atomic E-state index is -1.09. The highest BCUT2D eigenvalue weighted by atomic mass is 19.1. The van der Waals surface area contributed by atoms with E-state index in [-0.39, 0.29) is 47.9 Å². The maximum Gasteiger partial charge on any atom is 0.262 e. The summed E-state index contributed by atoms with van der Waals surface area (Å²) < 4.78 is 14.8. The van der Waals surface area contributed by atoms with Gasteiger partial charge in [-0.3, -0.25) is 34.2 Å². The van der Waals surface area contributed by atoms with Gasteiger partial charge in [-0.1, -0.05) is 0 Å². The first kappa shape index (κ1) is 20.0. The molecular formula is C20H21FN4O5. The van der Waals surface area contributed by atoms with E-state index < -0.39 is 35.5 Å². The number of fused-ring (bicyclic) bond motifs is 1. The van der Waals surface area contributed by atoms with E-state index in [0.717, 1.165) is 11.0 Å². The number of nitrogens with zero attached hydrogens (tertiary/aromatic N) is 2. The number of carbonyl (C=O) groups excluding carboxylic acids is 5. The first-order valence-electron chi connectivity index (χ1n) is 9.84. The van der Waals surface area contributed by atoms with Crippen molar-refractivity contribution in [3.63, 3.8) is 0 Å². The second kappa shape index (κ2) is 7.51. The molecule has 2 saturated heterocycles. The lowest BCUT2D eigenvalue weighted by Crippen LogP contribution is -2.54. The largest absolute Gasteiger partial charge is 0.370 e. The third-order valence-corrected chi connectivity index (χ3v) is 5.95. The summed E-state index contributed by atoms with van der Waals surface area (Å²) in [6, 6.07) is 1.29. The number of halogens is 1. The highest BCUT2D eigenvalue weighted by Gasteiger charge is 2.45. The van der Waals surface area contributed by atoms with Crippen LogP contribution < -0.4 is 16.0 Å². The van der Waals surface area contributed by atoms with Crippen molar-refractivity contribution < 1.29 is 28.4 Å². The zero-order valence-electron chi connectivity index (χ0n) is 16.2. The molecule has 0 spiro atoms. The molecule has 3 aliphatic rings. The van der Waals surface area contributed by atoms with Crippen LogP contribution in [0.4, 0.5) is 10.1 Å². The van der Waals surface area contributed by atoms with E-state index >= 15 is 0 Å². The number of piperidine rings is 2. The average Bonchev–Trinajstić information content (AvgIpc) is 2.92. The van der Waals surface area contributed by atoms with Crippen molar-refractivity contribution in [3.8, 4) is 0 Å². The Labute approximate surface area is 171 Å². The summed E-state index contributed by atoms with van der Waals surface area (Å²) in [5.74, 6) is -3.44. The van der Waals surface area contributed by atoms with Gasteiger partial charge in [-0.05, 0) is 37.3 Å². The van der Waals surface area contributed by atoms with Gasteiger partial charge in [0.25, 0.3) is 11.8 Å². The quantitative estimate of drug-likeness (QED) is 0.680. The van der Waals surface area contributed by atoms with Gasteiger partial charge in [0.2, 0.25) is 17.7 Å². The van der Waals surface area contributed by atoms with Crippen LogP contribution >= 0.6 is 0 Å². The van der Waals surface area contributed by atoms with E-state index in [0.29, 0.717) is 25.9 Å². The summed E-state index contributed by atoms with van der Waals surface area (Å²) in [6.45, 7) is 0.985. The van der Waals surface area contributed by atoms with E-state index in [2.05, 4.69) is 5.32 Å². The predicted molar refractivity (Wildman–Crippen MR) is 102 cm³/mol. The van der Waals surface area contributed by atoms with E-state index in [4.69, 9.17) is 5.73 Å². The summed E-state index contributed by atoms with van der Waals surface area (Å²) in [5, 5.41) is 2.13. The highest BCUT2D eigenvalue weighted by molar-refractivity contribution is 6.23. The first-order valence-corrected chi connectivity index (χ1v) is 9.84. The monoisotopic (exact) mass is 416 g/mol. The van der Waals surface area contributed by atoms with E-state index in [1.807, 2.05) is 0 Å². The van der Waals surface area contributed by atoms with Crippen LogP contribution in [0.5, 0.6) is 0 Å². The van der Waals surface area contributed by atoms with Gasteiger partial charge in [0.05, 0.1) is 16.8 Å². The molecule has 2 fully saturated rings. The van der Waals surface area contributed by atoms with Gasteiger partial charge in [-0.25, -0.2) is 4.39 Å². The van der Waals surface area contributed by atoms with Gasteiger partial charge in [-0.2, -0.15) is 0 Å². The van der Waals surface area contributed by atoms with Crippen LogP contribution in [0.25, 0.3) is 0 Å². The third-order valence-electron chi connectivity index (χ3n) is 5.95. The zero-order valence-corrected chi connectivity index (χ0v) is 16.2. The summed E-state index contributed by atoms with van der Waals surface area (Å²) in [4.78, 5) is 62.8. The molecule has 0 aromatic heterocycles. The van der Waals surface area contributed by atoms with Gasteiger partial charge < -0.3 is 10.6 Å². The summed E-state index contributed by atoms with van der Waals surface area (Å²) >= 11 is 0. The van der Waals surface area contributed by atoms with Gasteiger partial charge in [0, 0.05) is 25.9 Å². The Morgan fingerprint density at radius 3 is 2.30 bits per heavy atom. The number of nitrogens with one attached hydrogen (secondary N) is 1. The smallest absolute Gasteiger partial charge is 0.262 e. The standard InChI is InChI=1S/C20H21FN4O5/c21-13-8-11-12(9-15(13)24-5-3-10(4-6-24)7-16(22)26)20(30)25(19(11)29)14-1-2-17(27)23-18(14)28/h8-10,14H,1-7H2,(H2,22,26)(H,23,27,28). The molecule has 30 heavy (non-hydrogen) atoms. The van der Waals surface area contributed by atoms with Crippen LogP contribution in [-0.4, -0.2) is 53.6 Å². The second-order valence-electron chi connectivity index (χ2n) is 7.90. The van der Waals surface area contributed by atoms with Crippen molar-refractivity contribution in [2.45, 2.75) is 38.1 Å². The average molecular weight is 416 g/mol. The van der Waals surface area contributed by atoms with Crippen molar-refractivity contribution in [2.24, 2.45) is 11.7 Å². The van der Waals surface area contributed by atoms with Crippen molar-refractivity contribution >= 4 is 35.2 Å². The molecule has 5 amide bonds. The van der Waals surface area contributed by atoms with Crippen molar-refractivity contribution in [1.29, 1.82) is 0 Å². The minimum Gasteiger partial charge on any atom is -0.370 e. The van der Waals surface area contributed by atoms with Crippen molar-refractivity contribution in [3.05, 3.63) is 29.1 Å². The van der Waals surface area contributed by atoms with Crippen LogP contribution in [0.2, 0.25) is 0 Å². The van der Waals surface area contributed by atoms with Gasteiger partial charge in [0.15, 0.2) is 0 Å². The Bertz CT molecular complexity index is 970. The molecule has 1 unspecified atom stereocenters. The minimum absolute atomic E-state index is 0.0175. The van der Waals surface area contributed by atoms with E-state index in [9.17, 15) is 28.4 Å². The number of benzene rings is 1. The Kier molecular flexibility index (Phi) is 5.00. The van der Waals surface area contributed by atoms with Crippen molar-refractivity contribution in [2.75, 3.05) is 18.0 Å². The van der Waals surface area contributed by atoms with E-state index in [1.165, 1.54) is 6.07 Å². The molecule has 0 bridgehead atoms. The van der Waals surface area contributed by atoms with Crippen molar-refractivity contribution in [1.82, 2.24) is 10.2 Å². The molecule has 1 aromatic rings. The summed E-state index contributed by atoms with van der Waals surface area (Å²) in [5.41, 5.74) is 5.40. The fourth-order valence-electron chi connectivity index (χ4n) is 4.38. The molecule has 1 atom stereocenters. The highest BCUT2D eigenvalue weighted by Crippen LogP contribution is 2.34. The third kappa shape index (κ3) is 3.42. The fraction of sp³-hybridized carbons (Fsp3) is 0.450. The van der Waals surface area contributed by atoms with Crippen LogP contribution in [-0.2, 0) is 14.4 Å². The molecule has 0 radical (unpaired) electrons. The molecule has 0 aliphatic carbocycles. The molecule has 3 heterocycles. The number of amides is 5. The lowest BCUT2D eigenvalue weighted by molar-refractivity contribution is -0.136. The predicted octanol–water partition coefficient (Wildman–Crippen LogP) is 0.319. The van der Waals surface area contributed by atoms with Crippen LogP contribution in [0.3, 0.4) is 0 Å². The zero-order chi connectivity index (χ0) is 21.6. The SMILES string of the molecule is NC(=O)CC1CCN(c2cc3c(cc2F)C(=O)N(C2CCC(=O)NC2=O)C3=O)CC1.